The number of nitrogens with two attached hydrogens (primary N) is 1. The van der Waals surface area contributed by atoms with E-state index in [-0.39, 0.29) is 12.4 Å². The van der Waals surface area contributed by atoms with E-state index in [0.717, 1.165) is 18.4 Å². The highest BCUT2D eigenvalue weighted by molar-refractivity contribution is 9.10. The quantitative estimate of drug-likeness (QED) is 0.871. The van der Waals surface area contributed by atoms with Gasteiger partial charge in [0.05, 0.1) is 0 Å². The van der Waals surface area contributed by atoms with E-state index in [1.54, 1.807) is 0 Å². The van der Waals surface area contributed by atoms with Gasteiger partial charge in [0.25, 0.3) is 0 Å². The van der Waals surface area contributed by atoms with E-state index < -0.39 is 0 Å². The molecular weight excluding hydrogens is 249 g/mol. The summed E-state index contributed by atoms with van der Waals surface area (Å²) in [5, 5.41) is 0. The average molecular weight is 263 g/mol. The first-order valence-electron chi connectivity index (χ1n) is 4.27. The highest BCUT2D eigenvalue weighted by Crippen LogP contribution is 2.46. The lowest BCUT2D eigenvalue weighted by Crippen LogP contribution is -2.01. The van der Waals surface area contributed by atoms with Crippen molar-refractivity contribution in [1.29, 1.82) is 0 Å². The van der Waals surface area contributed by atoms with E-state index in [9.17, 15) is 0 Å². The highest BCUT2D eigenvalue weighted by Gasteiger charge is 2.36. The van der Waals surface area contributed by atoms with Gasteiger partial charge in [-0.05, 0) is 42.5 Å². The number of hydrogen-bond donors (Lipinski definition) is 1. The topological polar surface area (TPSA) is 26.0 Å². The van der Waals surface area contributed by atoms with Gasteiger partial charge in [-0.2, -0.15) is 0 Å². The Balaban J connectivity index is 0.000000845. The molecule has 72 valence electrons. The summed E-state index contributed by atoms with van der Waals surface area (Å²) in [6, 6.07) is 8.53. The third kappa shape index (κ3) is 2.46. The number of rotatable bonds is 2. The van der Waals surface area contributed by atoms with Crippen LogP contribution >= 0.6 is 28.3 Å². The molecule has 0 aromatic heterocycles. The molecule has 1 saturated carbocycles. The van der Waals surface area contributed by atoms with Gasteiger partial charge in [-0.15, -0.1) is 12.4 Å². The number of hydrogen-bond acceptors (Lipinski definition) is 1. The summed E-state index contributed by atoms with van der Waals surface area (Å²) in [5.41, 5.74) is 7.02. The summed E-state index contributed by atoms with van der Waals surface area (Å²) >= 11 is 3.47. The normalized spacial score (nSPS) is 25.1. The van der Waals surface area contributed by atoms with E-state index in [1.807, 2.05) is 0 Å². The molecule has 0 unspecified atom stereocenters. The Morgan fingerprint density at radius 3 is 2.77 bits per heavy atom. The van der Waals surface area contributed by atoms with Crippen LogP contribution in [0.25, 0.3) is 0 Å². The molecule has 0 spiro atoms. The van der Waals surface area contributed by atoms with E-state index in [1.165, 1.54) is 16.5 Å². The fraction of sp³-hybridized carbons (Fsp3) is 0.400. The largest absolute Gasteiger partial charge is 0.330 e. The van der Waals surface area contributed by atoms with Crippen molar-refractivity contribution in [2.24, 2.45) is 11.7 Å². The van der Waals surface area contributed by atoms with Gasteiger partial charge in [0.1, 0.15) is 0 Å². The van der Waals surface area contributed by atoms with Crippen molar-refractivity contribution < 1.29 is 0 Å². The molecule has 13 heavy (non-hydrogen) atoms. The molecule has 0 heterocycles. The molecule has 1 aromatic rings. The Labute approximate surface area is 93.2 Å². The van der Waals surface area contributed by atoms with Crippen LogP contribution in [0.15, 0.2) is 28.7 Å². The zero-order chi connectivity index (χ0) is 8.55. The lowest BCUT2D eigenvalue weighted by atomic mass is 10.1. The molecule has 2 atom stereocenters. The molecule has 0 saturated heterocycles. The van der Waals surface area contributed by atoms with Gasteiger partial charge in [-0.1, -0.05) is 28.1 Å². The number of halogens is 2. The lowest BCUT2D eigenvalue weighted by molar-refractivity contribution is 0.809. The van der Waals surface area contributed by atoms with Crippen molar-refractivity contribution in [3.05, 3.63) is 34.3 Å². The van der Waals surface area contributed by atoms with Crippen molar-refractivity contribution in [1.82, 2.24) is 0 Å². The lowest BCUT2D eigenvalue weighted by Gasteiger charge is -1.98. The van der Waals surface area contributed by atoms with Gasteiger partial charge >= 0.3 is 0 Å². The fourth-order valence-electron chi connectivity index (χ4n) is 1.65. The van der Waals surface area contributed by atoms with E-state index in [0.29, 0.717) is 0 Å². The zero-order valence-electron chi connectivity index (χ0n) is 7.24. The van der Waals surface area contributed by atoms with Crippen LogP contribution < -0.4 is 5.73 Å². The van der Waals surface area contributed by atoms with Gasteiger partial charge < -0.3 is 5.73 Å². The number of benzene rings is 1. The maximum Gasteiger partial charge on any atom is 0.0178 e. The summed E-state index contributed by atoms with van der Waals surface area (Å²) in [4.78, 5) is 0. The second-order valence-corrected chi connectivity index (χ2v) is 4.31. The van der Waals surface area contributed by atoms with E-state index in [4.69, 9.17) is 5.73 Å². The van der Waals surface area contributed by atoms with Crippen LogP contribution in [0.2, 0.25) is 0 Å². The van der Waals surface area contributed by atoms with Gasteiger partial charge in [0, 0.05) is 4.47 Å². The van der Waals surface area contributed by atoms with Crippen LogP contribution in [-0.2, 0) is 0 Å². The molecule has 2 N–H and O–H groups in total. The molecule has 2 rings (SSSR count). The molecule has 1 nitrogen and oxygen atoms in total. The molecule has 1 aliphatic carbocycles. The zero-order valence-corrected chi connectivity index (χ0v) is 9.64. The van der Waals surface area contributed by atoms with Crippen molar-refractivity contribution in [3.63, 3.8) is 0 Å². The van der Waals surface area contributed by atoms with Crippen LogP contribution in [0.4, 0.5) is 0 Å². The summed E-state index contributed by atoms with van der Waals surface area (Å²) in [5.74, 6) is 1.46. The molecule has 0 radical (unpaired) electrons. The van der Waals surface area contributed by atoms with Crippen LogP contribution in [0.3, 0.4) is 0 Å². The summed E-state index contributed by atoms with van der Waals surface area (Å²) < 4.78 is 1.17. The maximum absolute atomic E-state index is 5.59. The highest BCUT2D eigenvalue weighted by atomic mass is 79.9. The first-order valence-corrected chi connectivity index (χ1v) is 5.06. The average Bonchev–Trinajstić information content (AvgIpc) is 2.83. The van der Waals surface area contributed by atoms with Gasteiger partial charge in [0.2, 0.25) is 0 Å². The van der Waals surface area contributed by atoms with Gasteiger partial charge in [-0.3, -0.25) is 0 Å². The summed E-state index contributed by atoms with van der Waals surface area (Å²) in [6.07, 6.45) is 1.27. The molecule has 0 amide bonds. The van der Waals surface area contributed by atoms with Crippen molar-refractivity contribution in [2.75, 3.05) is 6.54 Å². The smallest absolute Gasteiger partial charge is 0.0178 e. The molecular formula is C10H13BrClN. The van der Waals surface area contributed by atoms with Crippen molar-refractivity contribution in [2.45, 2.75) is 12.3 Å². The minimum Gasteiger partial charge on any atom is -0.330 e. The Kier molecular flexibility index (Phi) is 3.77. The van der Waals surface area contributed by atoms with Crippen LogP contribution in [-0.4, -0.2) is 6.54 Å². The first-order chi connectivity index (χ1) is 5.81. The summed E-state index contributed by atoms with van der Waals surface area (Å²) in [6.45, 7) is 0.831. The first kappa shape index (κ1) is 11.0. The van der Waals surface area contributed by atoms with Gasteiger partial charge in [-0.25, -0.2) is 0 Å². The predicted octanol–water partition coefficient (Wildman–Crippen LogP) is 2.93. The molecule has 1 aromatic carbocycles. The van der Waals surface area contributed by atoms with Crippen LogP contribution in [0, 0.1) is 5.92 Å². The Morgan fingerprint density at radius 1 is 1.46 bits per heavy atom. The third-order valence-electron chi connectivity index (χ3n) is 2.50. The minimum absolute atomic E-state index is 0. The predicted molar refractivity (Wildman–Crippen MR) is 61.3 cm³/mol. The van der Waals surface area contributed by atoms with E-state index >= 15 is 0 Å². The maximum atomic E-state index is 5.59. The Bertz CT molecular complexity index is 290. The summed E-state index contributed by atoms with van der Waals surface area (Å²) in [7, 11) is 0. The Morgan fingerprint density at radius 2 is 2.23 bits per heavy atom. The molecule has 3 heteroatoms. The van der Waals surface area contributed by atoms with Crippen LogP contribution in [0.5, 0.6) is 0 Å². The monoisotopic (exact) mass is 261 g/mol. The fourth-order valence-corrected chi connectivity index (χ4v) is 2.07. The molecule has 0 aliphatic heterocycles. The van der Waals surface area contributed by atoms with E-state index in [2.05, 4.69) is 40.2 Å². The molecule has 0 bridgehead atoms. The standard InChI is InChI=1S/C10H12BrN.ClH/c11-9-3-1-2-7(4-9)10-5-8(10)6-12;/h1-4,8,10H,5-6,12H2;1H/t8-,10-;/m1./s1. The molecule has 1 fully saturated rings. The van der Waals surface area contributed by atoms with Crippen molar-refractivity contribution >= 4 is 28.3 Å². The third-order valence-corrected chi connectivity index (χ3v) is 3.00. The molecule has 1 aliphatic rings. The SMILES string of the molecule is Cl.NC[C@H]1C[C@@H]1c1cccc(Br)c1. The minimum atomic E-state index is 0. The van der Waals surface area contributed by atoms with Gasteiger partial charge in [0.15, 0.2) is 0 Å². The Hall–Kier alpha value is -0.0500. The second-order valence-electron chi connectivity index (χ2n) is 3.39. The van der Waals surface area contributed by atoms with Crippen LogP contribution in [0.1, 0.15) is 17.9 Å². The second kappa shape index (κ2) is 4.45. The van der Waals surface area contributed by atoms with Crippen molar-refractivity contribution in [3.8, 4) is 0 Å².